The molecule has 2 heterocycles. The highest BCUT2D eigenvalue weighted by Crippen LogP contribution is 2.24. The van der Waals surface area contributed by atoms with Crippen molar-refractivity contribution in [1.82, 2.24) is 25.3 Å². The fourth-order valence-corrected chi connectivity index (χ4v) is 3.76. The zero-order valence-corrected chi connectivity index (χ0v) is 21.2. The van der Waals surface area contributed by atoms with Crippen LogP contribution < -0.4 is 20.1 Å². The molecule has 0 amide bonds. The molecule has 2 aromatic rings. The highest BCUT2D eigenvalue weighted by atomic mass is 127. The summed E-state index contributed by atoms with van der Waals surface area (Å²) in [7, 11) is 5.19. The third-order valence-corrected chi connectivity index (χ3v) is 5.33. The van der Waals surface area contributed by atoms with Gasteiger partial charge in [0.25, 0.3) is 0 Å². The van der Waals surface area contributed by atoms with E-state index < -0.39 is 0 Å². The number of likely N-dealkylation sites (tertiary alicyclic amines) is 1. The molecule has 2 atom stereocenters. The van der Waals surface area contributed by atoms with E-state index in [-0.39, 0.29) is 24.0 Å². The summed E-state index contributed by atoms with van der Waals surface area (Å²) in [5, 5.41) is 11.3. The van der Waals surface area contributed by atoms with Crippen LogP contribution >= 0.6 is 24.0 Å². The Labute approximate surface area is 202 Å². The number of nitrogens with zero attached hydrogens (tertiary/aromatic N) is 4. The molecular formula is C22H35IN6O2. The maximum Gasteiger partial charge on any atom is 0.191 e. The number of hydrogen-bond donors (Lipinski definition) is 2. The number of guanidine groups is 1. The Kier molecular flexibility index (Phi) is 10.4. The summed E-state index contributed by atoms with van der Waals surface area (Å²) < 4.78 is 12.7. The van der Waals surface area contributed by atoms with Gasteiger partial charge in [-0.25, -0.2) is 0 Å². The van der Waals surface area contributed by atoms with Crippen LogP contribution in [0, 0.1) is 5.92 Å². The van der Waals surface area contributed by atoms with Crippen LogP contribution in [0.3, 0.4) is 0 Å². The lowest BCUT2D eigenvalue weighted by molar-refractivity contribution is 0.321. The maximum absolute atomic E-state index is 5.39. The number of benzene rings is 1. The van der Waals surface area contributed by atoms with E-state index in [2.05, 4.69) is 44.7 Å². The topological polar surface area (TPSA) is 75.9 Å². The molecule has 172 valence electrons. The number of aliphatic imine (C=N–C) groups is 1. The first kappa shape index (κ1) is 25.3. The molecule has 8 nitrogen and oxygen atoms in total. The van der Waals surface area contributed by atoms with Gasteiger partial charge in [0.2, 0.25) is 0 Å². The van der Waals surface area contributed by atoms with Crippen LogP contribution in [0.4, 0.5) is 0 Å². The fourth-order valence-electron chi connectivity index (χ4n) is 3.76. The quantitative estimate of drug-likeness (QED) is 0.288. The Hall–Kier alpha value is -2.01. The van der Waals surface area contributed by atoms with Gasteiger partial charge >= 0.3 is 0 Å². The predicted molar refractivity (Wildman–Crippen MR) is 135 cm³/mol. The molecule has 0 spiro atoms. The first-order valence-electron chi connectivity index (χ1n) is 10.5. The molecule has 0 radical (unpaired) electrons. The largest absolute Gasteiger partial charge is 0.497 e. The van der Waals surface area contributed by atoms with Gasteiger partial charge in [0.1, 0.15) is 11.5 Å². The van der Waals surface area contributed by atoms with Crippen molar-refractivity contribution in [2.24, 2.45) is 10.9 Å². The van der Waals surface area contributed by atoms with Crippen LogP contribution in [-0.2, 0) is 13.1 Å². The van der Waals surface area contributed by atoms with Gasteiger partial charge in [-0.3, -0.25) is 14.6 Å². The minimum absolute atomic E-state index is 0. The van der Waals surface area contributed by atoms with Crippen molar-refractivity contribution >= 4 is 29.9 Å². The van der Waals surface area contributed by atoms with Crippen LogP contribution in [0.25, 0.3) is 0 Å². The van der Waals surface area contributed by atoms with Crippen LogP contribution in [0.2, 0.25) is 0 Å². The van der Waals surface area contributed by atoms with E-state index in [0.29, 0.717) is 12.0 Å². The van der Waals surface area contributed by atoms with Crippen LogP contribution in [0.5, 0.6) is 11.5 Å². The average molecular weight is 542 g/mol. The Morgan fingerprint density at radius 1 is 1.26 bits per heavy atom. The van der Waals surface area contributed by atoms with Crippen molar-refractivity contribution in [3.63, 3.8) is 0 Å². The molecular weight excluding hydrogens is 507 g/mol. The zero-order valence-electron chi connectivity index (χ0n) is 18.9. The molecule has 31 heavy (non-hydrogen) atoms. The molecule has 1 aromatic carbocycles. The monoisotopic (exact) mass is 542 g/mol. The van der Waals surface area contributed by atoms with Gasteiger partial charge in [-0.1, -0.05) is 6.92 Å². The normalized spacial score (nSPS) is 17.7. The average Bonchev–Trinajstić information content (AvgIpc) is 3.42. The predicted octanol–water partition coefficient (Wildman–Crippen LogP) is 2.59. The summed E-state index contributed by atoms with van der Waals surface area (Å²) >= 11 is 0. The third-order valence-electron chi connectivity index (χ3n) is 5.33. The standard InChI is InChI=1S/C22H34N6O2.HI/c1-17(14-28-8-5-7-25-28)13-24-22(23-2)26-19-6-9-27(16-19)15-18-10-20(29-3)12-21(11-18)30-4;/h5,7-8,10-12,17,19H,6,9,13-16H2,1-4H3,(H2,23,24,26);1H. The Morgan fingerprint density at radius 3 is 2.61 bits per heavy atom. The lowest BCUT2D eigenvalue weighted by Gasteiger charge is -2.20. The van der Waals surface area contributed by atoms with E-state index in [9.17, 15) is 0 Å². The molecule has 1 aliphatic rings. The van der Waals surface area contributed by atoms with E-state index in [4.69, 9.17) is 9.47 Å². The number of nitrogens with one attached hydrogen (secondary N) is 2. The molecule has 2 unspecified atom stereocenters. The Bertz CT molecular complexity index is 792. The van der Waals surface area contributed by atoms with Gasteiger partial charge in [0.05, 0.1) is 14.2 Å². The molecule has 0 aliphatic carbocycles. The molecule has 9 heteroatoms. The third kappa shape index (κ3) is 7.88. The molecule has 0 saturated carbocycles. The Balaban J connectivity index is 0.00000341. The van der Waals surface area contributed by atoms with E-state index in [1.165, 1.54) is 5.56 Å². The van der Waals surface area contributed by atoms with Gasteiger partial charge in [-0.2, -0.15) is 5.10 Å². The second-order valence-corrected chi connectivity index (χ2v) is 7.87. The van der Waals surface area contributed by atoms with E-state index in [0.717, 1.165) is 56.6 Å². The number of aromatic nitrogens is 2. The first-order chi connectivity index (χ1) is 14.6. The summed E-state index contributed by atoms with van der Waals surface area (Å²) in [6.45, 7) is 6.84. The van der Waals surface area contributed by atoms with Crippen molar-refractivity contribution in [1.29, 1.82) is 0 Å². The van der Waals surface area contributed by atoms with E-state index >= 15 is 0 Å². The second-order valence-electron chi connectivity index (χ2n) is 7.87. The fraction of sp³-hybridized carbons (Fsp3) is 0.545. The molecule has 3 rings (SSSR count). The van der Waals surface area contributed by atoms with Crippen molar-refractivity contribution in [3.05, 3.63) is 42.2 Å². The van der Waals surface area contributed by atoms with Gasteiger partial charge in [-0.15, -0.1) is 24.0 Å². The lowest BCUT2D eigenvalue weighted by Crippen LogP contribution is -2.45. The number of hydrogen-bond acceptors (Lipinski definition) is 5. The molecule has 1 fully saturated rings. The smallest absolute Gasteiger partial charge is 0.191 e. The summed E-state index contributed by atoms with van der Waals surface area (Å²) in [5.74, 6) is 2.96. The second kappa shape index (κ2) is 12.7. The van der Waals surface area contributed by atoms with Crippen molar-refractivity contribution in [2.75, 3.05) is 40.9 Å². The van der Waals surface area contributed by atoms with Crippen molar-refractivity contribution in [3.8, 4) is 11.5 Å². The highest BCUT2D eigenvalue weighted by Gasteiger charge is 2.23. The number of ether oxygens (including phenoxy) is 2. The number of halogens is 1. The van der Waals surface area contributed by atoms with Crippen molar-refractivity contribution < 1.29 is 9.47 Å². The van der Waals surface area contributed by atoms with Gasteiger partial charge in [-0.05, 0) is 36.1 Å². The summed E-state index contributed by atoms with van der Waals surface area (Å²) in [4.78, 5) is 6.84. The van der Waals surface area contributed by atoms with Crippen LogP contribution in [-0.4, -0.2) is 67.6 Å². The minimum Gasteiger partial charge on any atom is -0.497 e. The minimum atomic E-state index is 0. The van der Waals surface area contributed by atoms with Crippen LogP contribution in [0.15, 0.2) is 41.7 Å². The maximum atomic E-state index is 5.39. The molecule has 1 aliphatic heterocycles. The first-order valence-corrected chi connectivity index (χ1v) is 10.5. The van der Waals surface area contributed by atoms with Gasteiger partial charge in [0.15, 0.2) is 5.96 Å². The highest BCUT2D eigenvalue weighted by molar-refractivity contribution is 14.0. The summed E-state index contributed by atoms with van der Waals surface area (Å²) in [5.41, 5.74) is 1.20. The molecule has 2 N–H and O–H groups in total. The number of methoxy groups -OCH3 is 2. The van der Waals surface area contributed by atoms with Gasteiger partial charge < -0.3 is 20.1 Å². The number of rotatable bonds is 9. The van der Waals surface area contributed by atoms with Crippen LogP contribution in [0.1, 0.15) is 18.9 Å². The molecule has 0 bridgehead atoms. The SMILES string of the molecule is CN=C(NCC(C)Cn1cccn1)NC1CCN(Cc2cc(OC)cc(OC)c2)C1.I. The van der Waals surface area contributed by atoms with E-state index in [1.54, 1.807) is 14.2 Å². The molecule has 1 saturated heterocycles. The van der Waals surface area contributed by atoms with Crippen molar-refractivity contribution in [2.45, 2.75) is 32.5 Å². The zero-order chi connectivity index (χ0) is 21.3. The molecule has 1 aromatic heterocycles. The summed E-state index contributed by atoms with van der Waals surface area (Å²) in [6.07, 6.45) is 4.90. The lowest BCUT2D eigenvalue weighted by atomic mass is 10.2. The van der Waals surface area contributed by atoms with E-state index in [1.807, 2.05) is 36.3 Å². The van der Waals surface area contributed by atoms with Gasteiger partial charge in [0, 0.05) is 64.3 Å². The summed E-state index contributed by atoms with van der Waals surface area (Å²) in [6, 6.07) is 8.38. The Morgan fingerprint density at radius 2 is 2.00 bits per heavy atom.